The van der Waals surface area contributed by atoms with E-state index in [1.165, 1.54) is 0 Å². The number of ether oxygens (including phenoxy) is 2. The molecule has 3 heterocycles. The monoisotopic (exact) mass is 407 g/mol. The van der Waals surface area contributed by atoms with Crippen molar-refractivity contribution in [2.75, 3.05) is 14.2 Å². The Kier molecular flexibility index (Phi) is 6.88. The van der Waals surface area contributed by atoms with E-state index in [0.717, 1.165) is 0 Å². The number of hydrogen-bond acceptors (Lipinski definition) is 7. The fraction of sp³-hybridized carbons (Fsp3) is 0.190. The first kappa shape index (κ1) is 20.7. The third-order valence-corrected chi connectivity index (χ3v) is 4.14. The molecule has 0 saturated heterocycles. The summed E-state index contributed by atoms with van der Waals surface area (Å²) in [4.78, 5) is 37.3. The van der Waals surface area contributed by atoms with Gasteiger partial charge in [0, 0.05) is 0 Å². The van der Waals surface area contributed by atoms with Crippen LogP contribution in [0.15, 0.2) is 54.9 Å². The van der Waals surface area contributed by atoms with Gasteiger partial charge in [-0.3, -0.25) is 19.6 Å². The number of aromatic nitrogens is 3. The summed E-state index contributed by atoms with van der Waals surface area (Å²) >= 11 is 0. The molecule has 2 amide bonds. The van der Waals surface area contributed by atoms with Crippen molar-refractivity contribution in [2.24, 2.45) is 0 Å². The molecule has 3 aromatic rings. The maximum atomic E-state index is 12.4. The van der Waals surface area contributed by atoms with Crippen molar-refractivity contribution in [3.63, 3.8) is 0 Å². The lowest BCUT2D eigenvalue weighted by Crippen LogP contribution is -2.27. The summed E-state index contributed by atoms with van der Waals surface area (Å²) in [6, 6.07) is 11.7. The standard InChI is InChI=1S/C21H21N5O4/c1-29-16-8-6-14(22-12-16)10-24-20(27)18-4-3-5-19(26-18)21(28)25-11-15-7-9-17(30-2)13-23-15/h3-9,12-13H,10-11H2,1-2H3,(H,24,27)(H,25,28). The van der Waals surface area contributed by atoms with Crippen molar-refractivity contribution in [2.45, 2.75) is 13.1 Å². The van der Waals surface area contributed by atoms with Crippen molar-refractivity contribution in [3.8, 4) is 11.5 Å². The van der Waals surface area contributed by atoms with E-state index in [4.69, 9.17) is 9.47 Å². The molecule has 0 bridgehead atoms. The highest BCUT2D eigenvalue weighted by Crippen LogP contribution is 2.09. The van der Waals surface area contributed by atoms with E-state index in [9.17, 15) is 9.59 Å². The Hall–Kier alpha value is -4.01. The molecule has 3 aromatic heterocycles. The maximum absolute atomic E-state index is 12.4. The van der Waals surface area contributed by atoms with Gasteiger partial charge in [0.1, 0.15) is 22.9 Å². The number of amides is 2. The van der Waals surface area contributed by atoms with Crippen LogP contribution in [0, 0.1) is 0 Å². The van der Waals surface area contributed by atoms with Crippen LogP contribution in [0.2, 0.25) is 0 Å². The second kappa shape index (κ2) is 9.97. The van der Waals surface area contributed by atoms with Gasteiger partial charge in [-0.05, 0) is 36.4 Å². The zero-order chi connectivity index (χ0) is 21.3. The number of nitrogens with one attached hydrogen (secondary N) is 2. The van der Waals surface area contributed by atoms with Gasteiger partial charge in [-0.2, -0.15) is 0 Å². The van der Waals surface area contributed by atoms with Crippen molar-refractivity contribution < 1.29 is 19.1 Å². The summed E-state index contributed by atoms with van der Waals surface area (Å²) in [5.74, 6) is 0.462. The van der Waals surface area contributed by atoms with Crippen LogP contribution in [0.4, 0.5) is 0 Å². The maximum Gasteiger partial charge on any atom is 0.270 e. The predicted octanol–water partition coefficient (Wildman–Crippen LogP) is 1.75. The number of hydrogen-bond donors (Lipinski definition) is 2. The summed E-state index contributed by atoms with van der Waals surface area (Å²) < 4.78 is 10.1. The van der Waals surface area contributed by atoms with Crippen molar-refractivity contribution >= 4 is 11.8 Å². The van der Waals surface area contributed by atoms with Gasteiger partial charge in [-0.15, -0.1) is 0 Å². The minimum atomic E-state index is -0.404. The molecule has 0 atom stereocenters. The third kappa shape index (κ3) is 5.51. The molecule has 9 nitrogen and oxygen atoms in total. The van der Waals surface area contributed by atoms with E-state index in [1.807, 2.05) is 0 Å². The molecule has 2 N–H and O–H groups in total. The zero-order valence-electron chi connectivity index (χ0n) is 16.6. The van der Waals surface area contributed by atoms with E-state index in [-0.39, 0.29) is 24.5 Å². The first-order valence-corrected chi connectivity index (χ1v) is 9.10. The highest BCUT2D eigenvalue weighted by atomic mass is 16.5. The van der Waals surface area contributed by atoms with Gasteiger partial charge in [0.25, 0.3) is 11.8 Å². The first-order chi connectivity index (χ1) is 14.6. The smallest absolute Gasteiger partial charge is 0.270 e. The Balaban J connectivity index is 1.56. The van der Waals surface area contributed by atoms with Crippen molar-refractivity contribution in [1.82, 2.24) is 25.6 Å². The molecule has 0 aliphatic carbocycles. The second-order valence-electron chi connectivity index (χ2n) is 6.15. The second-order valence-corrected chi connectivity index (χ2v) is 6.15. The molecule has 0 unspecified atom stereocenters. The molecule has 0 fully saturated rings. The van der Waals surface area contributed by atoms with Gasteiger partial charge in [0.15, 0.2) is 0 Å². The van der Waals surface area contributed by atoms with Crippen LogP contribution in [-0.2, 0) is 13.1 Å². The number of pyridine rings is 3. The molecule has 0 spiro atoms. The number of carbonyl (C=O) groups excluding carboxylic acids is 2. The zero-order valence-corrected chi connectivity index (χ0v) is 16.6. The topological polar surface area (TPSA) is 115 Å². The average molecular weight is 407 g/mol. The molecule has 154 valence electrons. The van der Waals surface area contributed by atoms with Crippen LogP contribution in [0.1, 0.15) is 32.4 Å². The molecule has 0 radical (unpaired) electrons. The molecular formula is C21H21N5O4. The highest BCUT2D eigenvalue weighted by molar-refractivity contribution is 5.96. The van der Waals surface area contributed by atoms with Gasteiger partial charge >= 0.3 is 0 Å². The lowest BCUT2D eigenvalue weighted by molar-refractivity contribution is 0.0941. The lowest BCUT2D eigenvalue weighted by Gasteiger charge is -2.08. The van der Waals surface area contributed by atoms with Crippen molar-refractivity contribution in [3.05, 3.63) is 77.6 Å². The minimum Gasteiger partial charge on any atom is -0.495 e. The Bertz CT molecular complexity index is 928. The molecule has 30 heavy (non-hydrogen) atoms. The Morgan fingerprint density at radius 2 is 1.23 bits per heavy atom. The van der Waals surface area contributed by atoms with Crippen LogP contribution in [0.3, 0.4) is 0 Å². The largest absolute Gasteiger partial charge is 0.495 e. The van der Waals surface area contributed by atoms with Crippen LogP contribution < -0.4 is 20.1 Å². The SMILES string of the molecule is COc1ccc(CNC(=O)c2cccc(C(=O)NCc3ccc(OC)cn3)n2)nc1. The lowest BCUT2D eigenvalue weighted by atomic mass is 10.2. The summed E-state index contributed by atoms with van der Waals surface area (Å²) in [5.41, 5.74) is 1.62. The normalized spacial score (nSPS) is 10.2. The summed E-state index contributed by atoms with van der Waals surface area (Å²) in [6.07, 6.45) is 3.14. The highest BCUT2D eigenvalue weighted by Gasteiger charge is 2.12. The van der Waals surface area contributed by atoms with Crippen LogP contribution in [-0.4, -0.2) is 41.0 Å². The molecule has 9 heteroatoms. The van der Waals surface area contributed by atoms with Crippen LogP contribution >= 0.6 is 0 Å². The van der Waals surface area contributed by atoms with E-state index >= 15 is 0 Å². The van der Waals surface area contributed by atoms with Crippen LogP contribution in [0.25, 0.3) is 0 Å². The quantitative estimate of drug-likeness (QED) is 0.584. The molecule has 0 aliphatic heterocycles. The Morgan fingerprint density at radius 1 is 0.767 bits per heavy atom. The molecular weight excluding hydrogens is 386 g/mol. The molecule has 0 saturated carbocycles. The first-order valence-electron chi connectivity index (χ1n) is 9.10. The predicted molar refractivity (Wildman–Crippen MR) is 108 cm³/mol. The van der Waals surface area contributed by atoms with E-state index in [2.05, 4.69) is 25.6 Å². The van der Waals surface area contributed by atoms with E-state index in [1.54, 1.807) is 69.1 Å². The number of rotatable bonds is 8. The van der Waals surface area contributed by atoms with Gasteiger partial charge in [0.05, 0.1) is 51.1 Å². The fourth-order valence-electron chi connectivity index (χ4n) is 2.48. The minimum absolute atomic E-state index is 0.138. The number of nitrogens with zero attached hydrogens (tertiary/aromatic N) is 3. The fourth-order valence-corrected chi connectivity index (χ4v) is 2.48. The third-order valence-electron chi connectivity index (χ3n) is 4.14. The van der Waals surface area contributed by atoms with E-state index < -0.39 is 11.8 Å². The summed E-state index contributed by atoms with van der Waals surface area (Å²) in [5, 5.41) is 5.46. The summed E-state index contributed by atoms with van der Waals surface area (Å²) in [6.45, 7) is 0.453. The average Bonchev–Trinajstić information content (AvgIpc) is 2.81. The molecule has 0 aromatic carbocycles. The Labute approximate surface area is 173 Å². The summed E-state index contributed by atoms with van der Waals surface area (Å²) in [7, 11) is 3.11. The Morgan fingerprint density at radius 3 is 1.60 bits per heavy atom. The van der Waals surface area contributed by atoms with Crippen molar-refractivity contribution in [1.29, 1.82) is 0 Å². The molecule has 0 aliphatic rings. The van der Waals surface area contributed by atoms with E-state index in [0.29, 0.717) is 22.9 Å². The van der Waals surface area contributed by atoms with Crippen LogP contribution in [0.5, 0.6) is 11.5 Å². The van der Waals surface area contributed by atoms with Gasteiger partial charge in [0.2, 0.25) is 0 Å². The van der Waals surface area contributed by atoms with Gasteiger partial charge < -0.3 is 20.1 Å². The van der Waals surface area contributed by atoms with Gasteiger partial charge in [-0.25, -0.2) is 4.98 Å². The molecule has 3 rings (SSSR count). The number of carbonyl (C=O) groups is 2. The van der Waals surface area contributed by atoms with Gasteiger partial charge in [-0.1, -0.05) is 6.07 Å². The number of methoxy groups -OCH3 is 2.